The molecule has 1 saturated heterocycles. The Labute approximate surface area is 131 Å². The van der Waals surface area contributed by atoms with Crippen molar-refractivity contribution in [3.05, 3.63) is 71.8 Å². The second-order valence-electron chi connectivity index (χ2n) is 5.94. The third-order valence-corrected chi connectivity index (χ3v) is 4.29. The van der Waals surface area contributed by atoms with Crippen molar-refractivity contribution in [2.24, 2.45) is 0 Å². The van der Waals surface area contributed by atoms with Gasteiger partial charge in [0.05, 0.1) is 32.5 Å². The molecule has 1 fully saturated rings. The number of benzene rings is 2. The van der Waals surface area contributed by atoms with E-state index >= 15 is 0 Å². The molecule has 3 nitrogen and oxygen atoms in total. The van der Waals surface area contributed by atoms with Crippen molar-refractivity contribution in [2.45, 2.75) is 24.5 Å². The van der Waals surface area contributed by atoms with Gasteiger partial charge in [-0.2, -0.15) is 0 Å². The minimum atomic E-state index is -0.163. The quantitative estimate of drug-likeness (QED) is 0.891. The summed E-state index contributed by atoms with van der Waals surface area (Å²) in [6.45, 7) is 1.85. The summed E-state index contributed by atoms with van der Waals surface area (Å²) in [7, 11) is 0. The van der Waals surface area contributed by atoms with Crippen LogP contribution in [0.3, 0.4) is 0 Å². The van der Waals surface area contributed by atoms with Crippen LogP contribution in [0.25, 0.3) is 0 Å². The highest BCUT2D eigenvalue weighted by Crippen LogP contribution is 2.36. The summed E-state index contributed by atoms with van der Waals surface area (Å²) in [6, 6.07) is 20.5. The molecule has 0 bridgehead atoms. The fourth-order valence-corrected chi connectivity index (χ4v) is 3.06. The van der Waals surface area contributed by atoms with Gasteiger partial charge in [-0.25, -0.2) is 0 Å². The average Bonchev–Trinajstić information content (AvgIpc) is 3.02. The van der Waals surface area contributed by atoms with Crippen LogP contribution in [0.1, 0.15) is 17.5 Å². The first kappa shape index (κ1) is 15.2. The molecule has 1 heterocycles. The third-order valence-electron chi connectivity index (χ3n) is 4.29. The Kier molecular flexibility index (Phi) is 4.88. The normalized spacial score (nSPS) is 24.5. The Bertz CT molecular complexity index is 570. The van der Waals surface area contributed by atoms with Crippen molar-refractivity contribution in [1.82, 2.24) is 0 Å². The van der Waals surface area contributed by atoms with Crippen molar-refractivity contribution < 1.29 is 14.6 Å². The summed E-state index contributed by atoms with van der Waals surface area (Å²) < 4.78 is 11.7. The number of hydrogen-bond acceptors (Lipinski definition) is 3. The third kappa shape index (κ3) is 3.38. The van der Waals surface area contributed by atoms with Gasteiger partial charge < -0.3 is 14.6 Å². The highest BCUT2D eigenvalue weighted by Gasteiger charge is 2.41. The molecule has 3 heteroatoms. The molecule has 2 aromatic rings. The van der Waals surface area contributed by atoms with E-state index in [2.05, 4.69) is 24.3 Å². The standard InChI is InChI=1S/C19H22O3/c20-12-18-11-19(15-22-18,17-9-5-2-6-10-17)14-21-13-16-7-3-1-4-8-16/h1-10,18,20H,11-15H2. The zero-order valence-corrected chi connectivity index (χ0v) is 12.7. The summed E-state index contributed by atoms with van der Waals surface area (Å²) >= 11 is 0. The molecule has 0 aromatic heterocycles. The van der Waals surface area contributed by atoms with Crippen LogP contribution in [-0.4, -0.2) is 31.0 Å². The number of ether oxygens (including phenoxy) is 2. The first-order valence-corrected chi connectivity index (χ1v) is 7.72. The van der Waals surface area contributed by atoms with Gasteiger partial charge in [0.2, 0.25) is 0 Å². The lowest BCUT2D eigenvalue weighted by Gasteiger charge is -2.28. The van der Waals surface area contributed by atoms with Crippen LogP contribution >= 0.6 is 0 Å². The molecule has 0 radical (unpaired) electrons. The molecule has 0 saturated carbocycles. The summed E-state index contributed by atoms with van der Waals surface area (Å²) in [5.74, 6) is 0. The van der Waals surface area contributed by atoms with Crippen molar-refractivity contribution in [3.8, 4) is 0 Å². The smallest absolute Gasteiger partial charge is 0.0816 e. The van der Waals surface area contributed by atoms with Crippen LogP contribution in [-0.2, 0) is 21.5 Å². The summed E-state index contributed by atoms with van der Waals surface area (Å²) in [6.07, 6.45) is 0.697. The van der Waals surface area contributed by atoms with Gasteiger partial charge in [0.25, 0.3) is 0 Å². The van der Waals surface area contributed by atoms with Gasteiger partial charge in [-0.1, -0.05) is 60.7 Å². The van der Waals surface area contributed by atoms with Gasteiger partial charge in [-0.3, -0.25) is 0 Å². The maximum atomic E-state index is 9.38. The van der Waals surface area contributed by atoms with Gasteiger partial charge in [-0.15, -0.1) is 0 Å². The van der Waals surface area contributed by atoms with E-state index in [1.54, 1.807) is 0 Å². The van der Waals surface area contributed by atoms with Crippen molar-refractivity contribution >= 4 is 0 Å². The monoisotopic (exact) mass is 298 g/mol. The lowest BCUT2D eigenvalue weighted by Crippen LogP contribution is -2.33. The Hall–Kier alpha value is -1.68. The lowest BCUT2D eigenvalue weighted by molar-refractivity contribution is 0.0420. The Morgan fingerprint density at radius 3 is 2.36 bits per heavy atom. The van der Waals surface area contributed by atoms with Gasteiger partial charge >= 0.3 is 0 Å². The molecule has 116 valence electrons. The van der Waals surface area contributed by atoms with Gasteiger partial charge in [0.1, 0.15) is 0 Å². The van der Waals surface area contributed by atoms with Crippen LogP contribution in [0.15, 0.2) is 60.7 Å². The largest absolute Gasteiger partial charge is 0.394 e. The minimum absolute atomic E-state index is 0.0628. The maximum Gasteiger partial charge on any atom is 0.0816 e. The SMILES string of the molecule is OCC1CC(COCc2ccccc2)(c2ccccc2)CO1. The van der Waals surface area contributed by atoms with E-state index in [0.717, 1.165) is 6.42 Å². The van der Waals surface area contributed by atoms with Crippen LogP contribution in [0.2, 0.25) is 0 Å². The summed E-state index contributed by atoms with van der Waals surface area (Å²) in [4.78, 5) is 0. The molecule has 1 N–H and O–H groups in total. The van der Waals surface area contributed by atoms with E-state index in [1.807, 2.05) is 36.4 Å². The topological polar surface area (TPSA) is 38.7 Å². The van der Waals surface area contributed by atoms with Gasteiger partial charge in [0.15, 0.2) is 0 Å². The van der Waals surface area contributed by atoms with Crippen LogP contribution in [0, 0.1) is 0 Å². The number of aliphatic hydroxyl groups is 1. The molecule has 22 heavy (non-hydrogen) atoms. The molecule has 1 aliphatic rings. The minimum Gasteiger partial charge on any atom is -0.394 e. The van der Waals surface area contributed by atoms with Crippen LogP contribution < -0.4 is 0 Å². The zero-order chi connectivity index (χ0) is 15.3. The molecule has 2 atom stereocenters. The molecule has 0 spiro atoms. The zero-order valence-electron chi connectivity index (χ0n) is 12.7. The van der Waals surface area contributed by atoms with E-state index in [4.69, 9.17) is 9.47 Å². The average molecular weight is 298 g/mol. The van der Waals surface area contributed by atoms with E-state index in [0.29, 0.717) is 19.8 Å². The van der Waals surface area contributed by atoms with Crippen molar-refractivity contribution in [1.29, 1.82) is 0 Å². The lowest BCUT2D eigenvalue weighted by atomic mass is 9.79. The maximum absolute atomic E-state index is 9.38. The first-order chi connectivity index (χ1) is 10.8. The van der Waals surface area contributed by atoms with Crippen LogP contribution in [0.5, 0.6) is 0 Å². The fraction of sp³-hybridized carbons (Fsp3) is 0.368. The highest BCUT2D eigenvalue weighted by molar-refractivity contribution is 5.27. The van der Waals surface area contributed by atoms with Crippen molar-refractivity contribution in [2.75, 3.05) is 19.8 Å². The van der Waals surface area contributed by atoms with E-state index in [9.17, 15) is 5.11 Å². The molecule has 2 aromatic carbocycles. The van der Waals surface area contributed by atoms with E-state index in [-0.39, 0.29) is 18.1 Å². The van der Waals surface area contributed by atoms with E-state index in [1.165, 1.54) is 11.1 Å². The van der Waals surface area contributed by atoms with Gasteiger partial charge in [0, 0.05) is 5.41 Å². The molecule has 3 rings (SSSR count). The second kappa shape index (κ2) is 7.05. The number of hydrogen-bond donors (Lipinski definition) is 1. The van der Waals surface area contributed by atoms with Crippen molar-refractivity contribution in [3.63, 3.8) is 0 Å². The van der Waals surface area contributed by atoms with Crippen LogP contribution in [0.4, 0.5) is 0 Å². The Balaban J connectivity index is 1.70. The Morgan fingerprint density at radius 1 is 1.05 bits per heavy atom. The summed E-state index contributed by atoms with van der Waals surface area (Å²) in [5.41, 5.74) is 2.23. The van der Waals surface area contributed by atoms with E-state index < -0.39 is 0 Å². The predicted molar refractivity (Wildman–Crippen MR) is 85.7 cm³/mol. The van der Waals surface area contributed by atoms with Gasteiger partial charge in [-0.05, 0) is 17.5 Å². The predicted octanol–water partition coefficient (Wildman–Crippen LogP) is 2.92. The number of aliphatic hydroxyl groups excluding tert-OH is 1. The Morgan fingerprint density at radius 2 is 1.73 bits per heavy atom. The fourth-order valence-electron chi connectivity index (χ4n) is 3.06. The highest BCUT2D eigenvalue weighted by atomic mass is 16.5. The molecule has 0 aliphatic carbocycles. The molecular weight excluding hydrogens is 276 g/mol. The first-order valence-electron chi connectivity index (χ1n) is 7.72. The molecular formula is C19H22O3. The molecule has 0 amide bonds. The molecule has 1 aliphatic heterocycles. The summed E-state index contributed by atoms with van der Waals surface area (Å²) in [5, 5.41) is 9.38. The second-order valence-corrected chi connectivity index (χ2v) is 5.94. The molecule has 2 unspecified atom stereocenters. The number of rotatable bonds is 6.